The molecule has 2 heterocycles. The van der Waals surface area contributed by atoms with Crippen LogP contribution >= 0.6 is 0 Å². The molecule has 0 spiro atoms. The van der Waals surface area contributed by atoms with Crippen LogP contribution < -0.4 is 9.64 Å². The Morgan fingerprint density at radius 1 is 0.968 bits per heavy atom. The number of carboxylic acid groups (broad SMARTS) is 1. The normalized spacial score (nSPS) is 14.4. The minimum atomic E-state index is -0.935. The predicted molar refractivity (Wildman–Crippen MR) is 121 cm³/mol. The van der Waals surface area contributed by atoms with Gasteiger partial charge in [0.05, 0.1) is 0 Å². The Bertz CT molecular complexity index is 1010. The second kappa shape index (κ2) is 9.62. The molecule has 31 heavy (non-hydrogen) atoms. The summed E-state index contributed by atoms with van der Waals surface area (Å²) in [4.78, 5) is 20.2. The first-order chi connectivity index (χ1) is 15.1. The van der Waals surface area contributed by atoms with Gasteiger partial charge in [0.15, 0.2) is 0 Å². The maximum Gasteiger partial charge on any atom is 0.339 e. The first-order valence-electron chi connectivity index (χ1n) is 10.5. The highest BCUT2D eigenvalue weighted by molar-refractivity contribution is 5.93. The summed E-state index contributed by atoms with van der Waals surface area (Å²) in [6, 6.07) is 19.9. The number of nitrogens with zero attached hydrogens (tertiary/aromatic N) is 3. The van der Waals surface area contributed by atoms with Crippen molar-refractivity contribution in [3.8, 4) is 5.75 Å². The predicted octanol–water partition coefficient (Wildman–Crippen LogP) is 3.99. The van der Waals surface area contributed by atoms with Crippen LogP contribution in [-0.4, -0.2) is 47.1 Å². The molecule has 1 aliphatic rings. The highest BCUT2D eigenvalue weighted by atomic mass is 16.5. The molecular weight excluding hydrogens is 390 g/mol. The van der Waals surface area contributed by atoms with E-state index in [1.807, 2.05) is 12.1 Å². The first kappa shape index (κ1) is 20.9. The number of rotatable bonds is 7. The van der Waals surface area contributed by atoms with Gasteiger partial charge in [-0.15, -0.1) is 0 Å². The van der Waals surface area contributed by atoms with Crippen molar-refractivity contribution >= 4 is 11.8 Å². The molecule has 0 radical (unpaired) electrons. The molecule has 0 amide bonds. The molecule has 0 unspecified atom stereocenters. The number of aryl methyl sites for hydroxylation is 1. The van der Waals surface area contributed by atoms with Crippen LogP contribution in [0.3, 0.4) is 0 Å². The van der Waals surface area contributed by atoms with E-state index in [0.717, 1.165) is 44.0 Å². The molecule has 0 saturated carbocycles. The number of benzene rings is 2. The van der Waals surface area contributed by atoms with E-state index in [1.165, 1.54) is 11.1 Å². The summed E-state index contributed by atoms with van der Waals surface area (Å²) in [7, 11) is 0. The Hall–Kier alpha value is -3.38. The van der Waals surface area contributed by atoms with E-state index in [0.29, 0.717) is 12.4 Å². The van der Waals surface area contributed by atoms with Crippen molar-refractivity contribution < 1.29 is 14.6 Å². The number of ether oxygens (including phenoxy) is 1. The van der Waals surface area contributed by atoms with Gasteiger partial charge in [-0.25, -0.2) is 9.78 Å². The molecule has 1 N–H and O–H groups in total. The topological polar surface area (TPSA) is 65.9 Å². The molecule has 1 saturated heterocycles. The summed E-state index contributed by atoms with van der Waals surface area (Å²) in [5.41, 5.74) is 3.90. The number of aromatic carboxylic acids is 1. The standard InChI is InChI=1S/C25H27N3O3/c1-19-4-6-21(7-5-19)18-31-22-10-8-20(9-11-22)17-27-13-15-28(16-14-27)24-23(25(29)30)3-2-12-26-24/h2-12H,13-18H2,1H3,(H,29,30). The third-order valence-electron chi connectivity index (χ3n) is 5.54. The fourth-order valence-corrected chi connectivity index (χ4v) is 3.73. The summed E-state index contributed by atoms with van der Waals surface area (Å²) in [5.74, 6) is 0.491. The van der Waals surface area contributed by atoms with E-state index >= 15 is 0 Å². The molecule has 1 aromatic heterocycles. The number of anilines is 1. The molecule has 0 bridgehead atoms. The van der Waals surface area contributed by atoms with Gasteiger partial charge < -0.3 is 14.7 Å². The van der Waals surface area contributed by atoms with Gasteiger partial charge in [0.1, 0.15) is 23.7 Å². The van der Waals surface area contributed by atoms with Crippen molar-refractivity contribution in [3.05, 3.63) is 89.1 Å². The Morgan fingerprint density at radius 2 is 1.65 bits per heavy atom. The SMILES string of the molecule is Cc1ccc(COc2ccc(CN3CCN(c4ncccc4C(=O)O)CC3)cc2)cc1. The fourth-order valence-electron chi connectivity index (χ4n) is 3.73. The molecule has 6 heteroatoms. The van der Waals surface area contributed by atoms with E-state index in [9.17, 15) is 9.90 Å². The Kier molecular flexibility index (Phi) is 6.48. The molecular formula is C25H27N3O3. The average Bonchev–Trinajstić information content (AvgIpc) is 2.80. The van der Waals surface area contributed by atoms with Crippen molar-refractivity contribution in [2.45, 2.75) is 20.1 Å². The molecule has 4 rings (SSSR count). The summed E-state index contributed by atoms with van der Waals surface area (Å²) in [6.07, 6.45) is 1.65. The Balaban J connectivity index is 1.28. The zero-order chi connectivity index (χ0) is 21.6. The van der Waals surface area contributed by atoms with Crippen molar-refractivity contribution in [3.63, 3.8) is 0 Å². The van der Waals surface area contributed by atoms with Crippen molar-refractivity contribution in [2.24, 2.45) is 0 Å². The van der Waals surface area contributed by atoms with Gasteiger partial charge in [0.2, 0.25) is 0 Å². The minimum Gasteiger partial charge on any atom is -0.489 e. The summed E-state index contributed by atoms with van der Waals surface area (Å²) >= 11 is 0. The van der Waals surface area contributed by atoms with Crippen LogP contribution in [0.25, 0.3) is 0 Å². The van der Waals surface area contributed by atoms with Gasteiger partial charge in [0, 0.05) is 38.9 Å². The summed E-state index contributed by atoms with van der Waals surface area (Å²) in [6.45, 7) is 6.75. The quantitative estimate of drug-likeness (QED) is 0.627. The van der Waals surface area contributed by atoms with Crippen LogP contribution in [0.2, 0.25) is 0 Å². The van der Waals surface area contributed by atoms with Crippen molar-refractivity contribution in [1.82, 2.24) is 9.88 Å². The van der Waals surface area contributed by atoms with Crippen LogP contribution in [-0.2, 0) is 13.2 Å². The number of hydrogen-bond donors (Lipinski definition) is 1. The van der Waals surface area contributed by atoms with Crippen LogP contribution in [0.1, 0.15) is 27.0 Å². The lowest BCUT2D eigenvalue weighted by Crippen LogP contribution is -2.46. The van der Waals surface area contributed by atoms with Gasteiger partial charge in [0.25, 0.3) is 0 Å². The molecule has 6 nitrogen and oxygen atoms in total. The number of carbonyl (C=O) groups is 1. The smallest absolute Gasteiger partial charge is 0.339 e. The van der Waals surface area contributed by atoms with Crippen LogP contribution in [0, 0.1) is 6.92 Å². The number of carboxylic acids is 1. The number of aromatic nitrogens is 1. The van der Waals surface area contributed by atoms with Crippen molar-refractivity contribution in [1.29, 1.82) is 0 Å². The fraction of sp³-hybridized carbons (Fsp3) is 0.280. The van der Waals surface area contributed by atoms with Gasteiger partial charge in [-0.1, -0.05) is 42.0 Å². The molecule has 1 fully saturated rings. The molecule has 0 atom stereocenters. The zero-order valence-corrected chi connectivity index (χ0v) is 17.7. The highest BCUT2D eigenvalue weighted by Crippen LogP contribution is 2.20. The van der Waals surface area contributed by atoms with Crippen LogP contribution in [0.4, 0.5) is 5.82 Å². The number of hydrogen-bond acceptors (Lipinski definition) is 5. The minimum absolute atomic E-state index is 0.261. The molecule has 160 valence electrons. The third kappa shape index (κ3) is 5.41. The lowest BCUT2D eigenvalue weighted by atomic mass is 10.1. The van der Waals surface area contributed by atoms with E-state index in [4.69, 9.17) is 4.74 Å². The van der Waals surface area contributed by atoms with Gasteiger partial charge in [-0.05, 0) is 42.3 Å². The Morgan fingerprint density at radius 3 is 2.32 bits per heavy atom. The first-order valence-corrected chi connectivity index (χ1v) is 10.5. The van der Waals surface area contributed by atoms with Crippen LogP contribution in [0.5, 0.6) is 5.75 Å². The molecule has 3 aromatic rings. The summed E-state index contributed by atoms with van der Waals surface area (Å²) < 4.78 is 5.90. The second-order valence-corrected chi connectivity index (χ2v) is 7.86. The zero-order valence-electron chi connectivity index (χ0n) is 17.7. The van der Waals surface area contributed by atoms with E-state index in [2.05, 4.69) is 58.1 Å². The lowest BCUT2D eigenvalue weighted by molar-refractivity contribution is 0.0697. The average molecular weight is 418 g/mol. The largest absolute Gasteiger partial charge is 0.489 e. The van der Waals surface area contributed by atoms with Gasteiger partial charge in [-0.2, -0.15) is 0 Å². The van der Waals surface area contributed by atoms with Crippen LogP contribution in [0.15, 0.2) is 66.9 Å². The van der Waals surface area contributed by atoms with Gasteiger partial charge in [-0.3, -0.25) is 4.90 Å². The second-order valence-electron chi connectivity index (χ2n) is 7.86. The monoisotopic (exact) mass is 417 g/mol. The maximum absolute atomic E-state index is 11.5. The van der Waals surface area contributed by atoms with E-state index < -0.39 is 5.97 Å². The molecule has 0 aliphatic carbocycles. The summed E-state index contributed by atoms with van der Waals surface area (Å²) in [5, 5.41) is 9.39. The number of piperazine rings is 1. The van der Waals surface area contributed by atoms with E-state index in [1.54, 1.807) is 18.3 Å². The van der Waals surface area contributed by atoms with Gasteiger partial charge >= 0.3 is 5.97 Å². The molecule has 2 aromatic carbocycles. The van der Waals surface area contributed by atoms with E-state index in [-0.39, 0.29) is 5.56 Å². The highest BCUT2D eigenvalue weighted by Gasteiger charge is 2.22. The Labute approximate surface area is 182 Å². The number of pyridine rings is 1. The lowest BCUT2D eigenvalue weighted by Gasteiger charge is -2.35. The van der Waals surface area contributed by atoms with Crippen molar-refractivity contribution in [2.75, 3.05) is 31.1 Å². The maximum atomic E-state index is 11.5. The molecule has 1 aliphatic heterocycles. The third-order valence-corrected chi connectivity index (χ3v) is 5.54.